The van der Waals surface area contributed by atoms with Crippen LogP contribution in [0.15, 0.2) is 12.3 Å². The van der Waals surface area contributed by atoms with Crippen LogP contribution in [0, 0.1) is 11.8 Å². The molecule has 3 heteroatoms. The lowest BCUT2D eigenvalue weighted by Gasteiger charge is -2.34. The van der Waals surface area contributed by atoms with Crippen molar-refractivity contribution >= 4 is 0 Å². The normalized spacial score (nSPS) is 28.8. The molecule has 0 aliphatic heterocycles. The fourth-order valence-electron chi connectivity index (χ4n) is 3.07. The average Bonchev–Trinajstić information content (AvgIpc) is 2.74. The standard InChI is InChI=1S/C15H27N3/c1-11(2)16-10-13-6-5-12(3)9-14(13)15-7-8-18(4)17-15/h7-8,11-14,16H,5-6,9-10H2,1-4H3. The van der Waals surface area contributed by atoms with Crippen LogP contribution in [0.1, 0.15) is 51.6 Å². The molecule has 3 atom stereocenters. The third-order valence-electron chi connectivity index (χ3n) is 4.16. The largest absolute Gasteiger partial charge is 0.314 e. The van der Waals surface area contributed by atoms with Gasteiger partial charge in [-0.2, -0.15) is 5.10 Å². The molecule has 1 aromatic heterocycles. The second-order valence-electron chi connectivity index (χ2n) is 6.26. The van der Waals surface area contributed by atoms with Gasteiger partial charge in [0.2, 0.25) is 0 Å². The molecular weight excluding hydrogens is 222 g/mol. The molecule has 1 aromatic rings. The fraction of sp³-hybridized carbons (Fsp3) is 0.800. The predicted molar refractivity (Wildman–Crippen MR) is 75.6 cm³/mol. The van der Waals surface area contributed by atoms with Gasteiger partial charge in [0.15, 0.2) is 0 Å². The lowest BCUT2D eigenvalue weighted by molar-refractivity contribution is 0.234. The lowest BCUT2D eigenvalue weighted by atomic mass is 9.73. The van der Waals surface area contributed by atoms with Crippen LogP contribution in [0.5, 0.6) is 0 Å². The third-order valence-corrected chi connectivity index (χ3v) is 4.16. The molecule has 2 rings (SSSR count). The quantitative estimate of drug-likeness (QED) is 0.889. The van der Waals surface area contributed by atoms with Gasteiger partial charge in [-0.3, -0.25) is 4.68 Å². The van der Waals surface area contributed by atoms with E-state index >= 15 is 0 Å². The van der Waals surface area contributed by atoms with E-state index < -0.39 is 0 Å². The van der Waals surface area contributed by atoms with E-state index in [0.717, 1.165) is 18.4 Å². The summed E-state index contributed by atoms with van der Waals surface area (Å²) >= 11 is 0. The Hall–Kier alpha value is -0.830. The second kappa shape index (κ2) is 5.87. The van der Waals surface area contributed by atoms with Gasteiger partial charge in [0, 0.05) is 25.2 Å². The van der Waals surface area contributed by atoms with Crippen molar-refractivity contribution in [1.82, 2.24) is 15.1 Å². The summed E-state index contributed by atoms with van der Waals surface area (Å²) in [7, 11) is 2.01. The van der Waals surface area contributed by atoms with Crippen molar-refractivity contribution < 1.29 is 0 Å². The summed E-state index contributed by atoms with van der Waals surface area (Å²) in [6, 6.07) is 2.78. The van der Waals surface area contributed by atoms with Crippen molar-refractivity contribution in [2.24, 2.45) is 18.9 Å². The molecule has 3 nitrogen and oxygen atoms in total. The molecular formula is C15H27N3. The third kappa shape index (κ3) is 3.35. The minimum absolute atomic E-state index is 0.578. The molecule has 1 saturated carbocycles. The maximum absolute atomic E-state index is 4.64. The van der Waals surface area contributed by atoms with Crippen LogP contribution in [0.25, 0.3) is 0 Å². The van der Waals surface area contributed by atoms with Crippen molar-refractivity contribution in [3.05, 3.63) is 18.0 Å². The summed E-state index contributed by atoms with van der Waals surface area (Å²) in [6.07, 6.45) is 6.07. The topological polar surface area (TPSA) is 29.9 Å². The molecule has 0 spiro atoms. The van der Waals surface area contributed by atoms with E-state index in [1.54, 1.807) is 0 Å². The summed E-state index contributed by atoms with van der Waals surface area (Å²) in [4.78, 5) is 0. The molecule has 0 radical (unpaired) electrons. The molecule has 18 heavy (non-hydrogen) atoms. The highest BCUT2D eigenvalue weighted by molar-refractivity contribution is 5.10. The summed E-state index contributed by atoms with van der Waals surface area (Å²) in [5.41, 5.74) is 1.29. The number of hydrogen-bond acceptors (Lipinski definition) is 2. The molecule has 102 valence electrons. The van der Waals surface area contributed by atoms with E-state index in [2.05, 4.69) is 43.4 Å². The van der Waals surface area contributed by atoms with Gasteiger partial charge in [0.1, 0.15) is 0 Å². The van der Waals surface area contributed by atoms with E-state index in [1.807, 2.05) is 11.7 Å². The van der Waals surface area contributed by atoms with Crippen LogP contribution in [0.3, 0.4) is 0 Å². The molecule has 1 aliphatic carbocycles. The molecule has 3 unspecified atom stereocenters. The molecule has 0 bridgehead atoms. The van der Waals surface area contributed by atoms with Crippen LogP contribution in [-0.2, 0) is 7.05 Å². The van der Waals surface area contributed by atoms with Crippen molar-refractivity contribution in [2.75, 3.05) is 6.54 Å². The maximum atomic E-state index is 4.64. The van der Waals surface area contributed by atoms with E-state index in [0.29, 0.717) is 12.0 Å². The summed E-state index contributed by atoms with van der Waals surface area (Å²) in [5, 5.41) is 8.24. The van der Waals surface area contributed by atoms with Crippen molar-refractivity contribution in [3.8, 4) is 0 Å². The SMILES string of the molecule is CC1CCC(CNC(C)C)C(c2ccn(C)n2)C1. The highest BCUT2D eigenvalue weighted by atomic mass is 15.2. The Morgan fingerprint density at radius 1 is 1.44 bits per heavy atom. The highest BCUT2D eigenvalue weighted by Crippen LogP contribution is 2.39. The first-order valence-corrected chi connectivity index (χ1v) is 7.29. The average molecular weight is 249 g/mol. The van der Waals surface area contributed by atoms with Gasteiger partial charge >= 0.3 is 0 Å². The Kier molecular flexibility index (Phi) is 4.44. The molecule has 0 saturated heterocycles. The van der Waals surface area contributed by atoms with E-state index in [-0.39, 0.29) is 0 Å². The molecule has 1 heterocycles. The Bertz CT molecular complexity index is 370. The lowest BCUT2D eigenvalue weighted by Crippen LogP contribution is -2.34. The summed E-state index contributed by atoms with van der Waals surface area (Å²) < 4.78 is 1.93. The number of nitrogens with one attached hydrogen (secondary N) is 1. The zero-order valence-corrected chi connectivity index (χ0v) is 12.2. The Morgan fingerprint density at radius 2 is 2.22 bits per heavy atom. The predicted octanol–water partition coefficient (Wildman–Crippen LogP) is 2.94. The van der Waals surface area contributed by atoms with Gasteiger partial charge in [-0.1, -0.05) is 27.2 Å². The van der Waals surface area contributed by atoms with E-state index in [4.69, 9.17) is 0 Å². The minimum Gasteiger partial charge on any atom is -0.314 e. The number of nitrogens with zero attached hydrogens (tertiary/aromatic N) is 2. The van der Waals surface area contributed by atoms with Gasteiger partial charge in [-0.15, -0.1) is 0 Å². The van der Waals surface area contributed by atoms with Crippen LogP contribution in [0.2, 0.25) is 0 Å². The Morgan fingerprint density at radius 3 is 2.83 bits per heavy atom. The number of hydrogen-bond donors (Lipinski definition) is 1. The Labute approximate surface area is 111 Å². The van der Waals surface area contributed by atoms with Crippen molar-refractivity contribution in [1.29, 1.82) is 0 Å². The summed E-state index contributed by atoms with van der Waals surface area (Å²) in [5.74, 6) is 2.23. The van der Waals surface area contributed by atoms with E-state index in [1.165, 1.54) is 25.0 Å². The maximum Gasteiger partial charge on any atom is 0.0658 e. The van der Waals surface area contributed by atoms with Gasteiger partial charge in [0.25, 0.3) is 0 Å². The van der Waals surface area contributed by atoms with E-state index in [9.17, 15) is 0 Å². The van der Waals surface area contributed by atoms with Crippen LogP contribution in [0.4, 0.5) is 0 Å². The monoisotopic (exact) mass is 249 g/mol. The number of aromatic nitrogens is 2. The minimum atomic E-state index is 0.578. The molecule has 0 aromatic carbocycles. The van der Waals surface area contributed by atoms with Crippen LogP contribution in [-0.4, -0.2) is 22.4 Å². The number of aryl methyl sites for hydroxylation is 1. The first kappa shape index (κ1) is 13.6. The van der Waals surface area contributed by atoms with Crippen LogP contribution >= 0.6 is 0 Å². The van der Waals surface area contributed by atoms with Crippen molar-refractivity contribution in [2.45, 2.75) is 52.0 Å². The second-order valence-corrected chi connectivity index (χ2v) is 6.26. The molecule has 0 amide bonds. The van der Waals surface area contributed by atoms with Gasteiger partial charge < -0.3 is 5.32 Å². The van der Waals surface area contributed by atoms with Gasteiger partial charge in [-0.05, 0) is 37.3 Å². The molecule has 1 N–H and O–H groups in total. The fourth-order valence-corrected chi connectivity index (χ4v) is 3.07. The zero-order chi connectivity index (χ0) is 13.1. The van der Waals surface area contributed by atoms with Crippen molar-refractivity contribution in [3.63, 3.8) is 0 Å². The Balaban J connectivity index is 2.06. The summed E-state index contributed by atoms with van der Waals surface area (Å²) in [6.45, 7) is 7.95. The van der Waals surface area contributed by atoms with Gasteiger partial charge in [0.05, 0.1) is 5.69 Å². The molecule has 1 aliphatic rings. The van der Waals surface area contributed by atoms with Crippen LogP contribution < -0.4 is 5.32 Å². The highest BCUT2D eigenvalue weighted by Gasteiger charge is 2.31. The number of rotatable bonds is 4. The smallest absolute Gasteiger partial charge is 0.0658 e. The van der Waals surface area contributed by atoms with Gasteiger partial charge in [-0.25, -0.2) is 0 Å². The zero-order valence-electron chi connectivity index (χ0n) is 12.2. The molecule has 1 fully saturated rings. The first-order chi connectivity index (χ1) is 8.56. The first-order valence-electron chi connectivity index (χ1n) is 7.29.